The highest BCUT2D eigenvalue weighted by Crippen LogP contribution is 2.39. The van der Waals surface area contributed by atoms with Gasteiger partial charge in [0, 0.05) is 4.88 Å². The van der Waals surface area contributed by atoms with Crippen molar-refractivity contribution in [1.29, 1.82) is 0 Å². The number of rotatable bonds is 3. The summed E-state index contributed by atoms with van der Waals surface area (Å²) in [7, 11) is 0. The molecule has 0 amide bonds. The van der Waals surface area contributed by atoms with Crippen LogP contribution in [0, 0.1) is 12.8 Å². The van der Waals surface area contributed by atoms with Crippen LogP contribution >= 0.6 is 11.3 Å². The summed E-state index contributed by atoms with van der Waals surface area (Å²) < 4.78 is 0. The van der Waals surface area contributed by atoms with E-state index in [2.05, 4.69) is 23.8 Å². The molecule has 0 aromatic carbocycles. The normalized spacial score (nSPS) is 19.8. The van der Waals surface area contributed by atoms with Crippen molar-refractivity contribution in [3.8, 4) is 0 Å². The lowest BCUT2D eigenvalue weighted by Crippen LogP contribution is -2.36. The van der Waals surface area contributed by atoms with Gasteiger partial charge in [-0.3, -0.25) is 11.3 Å². The SMILES string of the molecule is Cc1ccsc1C(NN)C1CCC1. The van der Waals surface area contributed by atoms with E-state index >= 15 is 0 Å². The first-order chi connectivity index (χ1) is 6.33. The van der Waals surface area contributed by atoms with Crippen LogP contribution < -0.4 is 11.3 Å². The number of hydrazine groups is 1. The molecule has 0 spiro atoms. The molecule has 1 fully saturated rings. The van der Waals surface area contributed by atoms with E-state index < -0.39 is 0 Å². The summed E-state index contributed by atoms with van der Waals surface area (Å²) in [5, 5.41) is 2.15. The first kappa shape index (κ1) is 9.19. The summed E-state index contributed by atoms with van der Waals surface area (Å²) in [5.74, 6) is 6.37. The lowest BCUT2D eigenvalue weighted by molar-refractivity contribution is 0.234. The molecule has 3 N–H and O–H groups in total. The van der Waals surface area contributed by atoms with Crippen molar-refractivity contribution in [2.45, 2.75) is 32.2 Å². The first-order valence-corrected chi connectivity index (χ1v) is 5.71. The number of hydrogen-bond donors (Lipinski definition) is 2. The molecule has 0 saturated heterocycles. The summed E-state index contributed by atoms with van der Waals surface area (Å²) in [6.07, 6.45) is 4.02. The smallest absolute Gasteiger partial charge is 0.0584 e. The van der Waals surface area contributed by atoms with Gasteiger partial charge in [-0.2, -0.15) is 0 Å². The lowest BCUT2D eigenvalue weighted by atomic mass is 9.79. The number of thiophene rings is 1. The van der Waals surface area contributed by atoms with Gasteiger partial charge in [-0.25, -0.2) is 0 Å². The summed E-state index contributed by atoms with van der Waals surface area (Å²) in [6, 6.07) is 2.57. The van der Waals surface area contributed by atoms with E-state index in [1.54, 1.807) is 0 Å². The Labute approximate surface area is 83.1 Å². The topological polar surface area (TPSA) is 38.0 Å². The zero-order valence-electron chi connectivity index (χ0n) is 7.92. The van der Waals surface area contributed by atoms with Gasteiger partial charge in [-0.1, -0.05) is 6.42 Å². The second-order valence-corrected chi connectivity index (χ2v) is 4.75. The Bertz CT molecular complexity index is 278. The molecule has 1 aromatic heterocycles. The number of aryl methyl sites for hydroxylation is 1. The molecule has 1 saturated carbocycles. The van der Waals surface area contributed by atoms with Crippen molar-refractivity contribution >= 4 is 11.3 Å². The third kappa shape index (κ3) is 1.64. The largest absolute Gasteiger partial charge is 0.271 e. The Morgan fingerprint density at radius 1 is 1.62 bits per heavy atom. The second kappa shape index (κ2) is 3.78. The third-order valence-corrected chi connectivity index (χ3v) is 4.09. The molecule has 13 heavy (non-hydrogen) atoms. The first-order valence-electron chi connectivity index (χ1n) is 4.83. The molecule has 72 valence electrons. The lowest BCUT2D eigenvalue weighted by Gasteiger charge is -2.33. The Kier molecular flexibility index (Phi) is 2.67. The van der Waals surface area contributed by atoms with Crippen LogP contribution in [0.1, 0.15) is 35.7 Å². The maximum absolute atomic E-state index is 5.60. The molecule has 0 radical (unpaired) electrons. The molecule has 1 heterocycles. The van der Waals surface area contributed by atoms with Gasteiger partial charge in [0.25, 0.3) is 0 Å². The van der Waals surface area contributed by atoms with Crippen LogP contribution in [0.15, 0.2) is 11.4 Å². The average molecular weight is 196 g/mol. The molecule has 1 unspecified atom stereocenters. The Morgan fingerprint density at radius 3 is 2.77 bits per heavy atom. The van der Waals surface area contributed by atoms with Gasteiger partial charge in [0.05, 0.1) is 6.04 Å². The van der Waals surface area contributed by atoms with Gasteiger partial charge in [0.1, 0.15) is 0 Å². The molecule has 3 heteroatoms. The maximum atomic E-state index is 5.60. The minimum Gasteiger partial charge on any atom is -0.271 e. The number of nitrogens with one attached hydrogen (secondary N) is 1. The van der Waals surface area contributed by atoms with Gasteiger partial charge < -0.3 is 0 Å². The standard InChI is InChI=1S/C10H16N2S/c1-7-5-6-13-10(7)9(12-11)8-3-2-4-8/h5-6,8-9,12H,2-4,11H2,1H3. The Balaban J connectivity index is 2.16. The monoisotopic (exact) mass is 196 g/mol. The highest BCUT2D eigenvalue weighted by atomic mass is 32.1. The van der Waals surface area contributed by atoms with Crippen molar-refractivity contribution in [2.24, 2.45) is 11.8 Å². The summed E-state index contributed by atoms with van der Waals surface area (Å²) >= 11 is 1.82. The molecule has 1 aliphatic carbocycles. The van der Waals surface area contributed by atoms with Crippen molar-refractivity contribution in [1.82, 2.24) is 5.43 Å². The fraction of sp³-hybridized carbons (Fsp3) is 0.600. The van der Waals surface area contributed by atoms with E-state index in [-0.39, 0.29) is 0 Å². The molecular weight excluding hydrogens is 180 g/mol. The highest BCUT2D eigenvalue weighted by Gasteiger charge is 2.29. The fourth-order valence-corrected chi connectivity index (χ4v) is 2.98. The predicted molar refractivity (Wildman–Crippen MR) is 56.5 cm³/mol. The Morgan fingerprint density at radius 2 is 2.38 bits per heavy atom. The average Bonchev–Trinajstić information content (AvgIpc) is 2.43. The zero-order chi connectivity index (χ0) is 9.26. The molecule has 1 aliphatic rings. The third-order valence-electron chi connectivity index (χ3n) is 2.98. The predicted octanol–water partition coefficient (Wildman–Crippen LogP) is 2.36. The van der Waals surface area contributed by atoms with Crippen LogP contribution in [-0.2, 0) is 0 Å². The maximum Gasteiger partial charge on any atom is 0.0584 e. The summed E-state index contributed by atoms with van der Waals surface area (Å²) in [4.78, 5) is 1.42. The molecule has 1 aromatic rings. The van der Waals surface area contributed by atoms with Crippen molar-refractivity contribution in [3.63, 3.8) is 0 Å². The van der Waals surface area contributed by atoms with E-state index in [1.807, 2.05) is 11.3 Å². The fourth-order valence-electron chi connectivity index (χ4n) is 1.90. The van der Waals surface area contributed by atoms with Crippen molar-refractivity contribution in [3.05, 3.63) is 21.9 Å². The van der Waals surface area contributed by atoms with Crippen LogP contribution in [0.3, 0.4) is 0 Å². The van der Waals surface area contributed by atoms with Crippen LogP contribution in [0.25, 0.3) is 0 Å². The quantitative estimate of drug-likeness (QED) is 0.575. The van der Waals surface area contributed by atoms with Gasteiger partial charge in [-0.05, 0) is 42.7 Å². The second-order valence-electron chi connectivity index (χ2n) is 3.80. The summed E-state index contributed by atoms with van der Waals surface area (Å²) in [6.45, 7) is 2.16. The van der Waals surface area contributed by atoms with Gasteiger partial charge in [0.15, 0.2) is 0 Å². The highest BCUT2D eigenvalue weighted by molar-refractivity contribution is 7.10. The van der Waals surface area contributed by atoms with E-state index in [4.69, 9.17) is 5.84 Å². The van der Waals surface area contributed by atoms with Crippen molar-refractivity contribution < 1.29 is 0 Å². The van der Waals surface area contributed by atoms with E-state index in [0.717, 1.165) is 5.92 Å². The van der Waals surface area contributed by atoms with Crippen LogP contribution in [0.4, 0.5) is 0 Å². The molecule has 0 bridgehead atoms. The van der Waals surface area contributed by atoms with Crippen LogP contribution in [0.2, 0.25) is 0 Å². The van der Waals surface area contributed by atoms with Gasteiger partial charge in [0.2, 0.25) is 0 Å². The molecule has 0 aliphatic heterocycles. The van der Waals surface area contributed by atoms with Gasteiger partial charge >= 0.3 is 0 Å². The van der Waals surface area contributed by atoms with Gasteiger partial charge in [-0.15, -0.1) is 11.3 Å². The minimum absolute atomic E-state index is 0.397. The van der Waals surface area contributed by atoms with Crippen molar-refractivity contribution in [2.75, 3.05) is 0 Å². The number of hydrogen-bond acceptors (Lipinski definition) is 3. The van der Waals surface area contributed by atoms with E-state index in [1.165, 1.54) is 29.7 Å². The van der Waals surface area contributed by atoms with Crippen LogP contribution in [0.5, 0.6) is 0 Å². The number of nitrogens with two attached hydrogens (primary N) is 1. The molecule has 2 nitrogen and oxygen atoms in total. The minimum atomic E-state index is 0.397. The molecule has 1 atom stereocenters. The summed E-state index contributed by atoms with van der Waals surface area (Å²) in [5.41, 5.74) is 4.33. The zero-order valence-corrected chi connectivity index (χ0v) is 8.73. The van der Waals surface area contributed by atoms with E-state index in [9.17, 15) is 0 Å². The molecular formula is C10H16N2S. The Hall–Kier alpha value is -0.380. The molecule has 2 rings (SSSR count). The van der Waals surface area contributed by atoms with Crippen LogP contribution in [-0.4, -0.2) is 0 Å². The van der Waals surface area contributed by atoms with E-state index in [0.29, 0.717) is 6.04 Å².